The summed E-state index contributed by atoms with van der Waals surface area (Å²) in [7, 11) is 0. The van der Waals surface area contributed by atoms with E-state index in [9.17, 15) is 5.26 Å². The number of nitrogens with zero attached hydrogens (tertiary/aromatic N) is 3. The Morgan fingerprint density at radius 2 is 1.38 bits per heavy atom. The van der Waals surface area contributed by atoms with E-state index in [4.69, 9.17) is 15.7 Å². The molecule has 48 heavy (non-hydrogen) atoms. The second-order valence-corrected chi connectivity index (χ2v) is 12.2. The summed E-state index contributed by atoms with van der Waals surface area (Å²) in [6, 6.07) is 49.2. The molecule has 0 atom stereocenters. The van der Waals surface area contributed by atoms with Gasteiger partial charge in [-0.3, -0.25) is 0 Å². The van der Waals surface area contributed by atoms with Gasteiger partial charge in [0.1, 0.15) is 16.8 Å². The summed E-state index contributed by atoms with van der Waals surface area (Å²) in [5.41, 5.74) is 10.8. The summed E-state index contributed by atoms with van der Waals surface area (Å²) in [4.78, 5) is 6.00. The standard InChI is InChI=1S/C43H23N3O2/c1-45-34-17-10-11-27(25-44)38(34)26-21-23-28(24-22-26)46-35-18-7-9-20-37(35)48-42-40(46)39-31-14-4-8-19-36(31)47-41(39)43(42)32-15-5-2-12-29(32)30-13-3-6-16-33(30)43/h2-24H. The maximum Gasteiger partial charge on any atom is 0.196 e. The van der Waals surface area contributed by atoms with Gasteiger partial charge in [-0.15, -0.1) is 0 Å². The molecule has 0 N–H and O–H groups in total. The molecule has 7 aromatic rings. The zero-order valence-corrected chi connectivity index (χ0v) is 25.4. The van der Waals surface area contributed by atoms with E-state index in [2.05, 4.69) is 94.7 Å². The minimum absolute atomic E-state index is 0.453. The van der Waals surface area contributed by atoms with Gasteiger partial charge in [0, 0.05) is 22.2 Å². The van der Waals surface area contributed by atoms with Gasteiger partial charge in [-0.2, -0.15) is 5.26 Å². The average Bonchev–Trinajstić information content (AvgIpc) is 3.77. The summed E-state index contributed by atoms with van der Waals surface area (Å²) >= 11 is 0. The van der Waals surface area contributed by atoms with Crippen LogP contribution in [0.25, 0.3) is 43.8 Å². The Kier molecular flexibility index (Phi) is 5.28. The second-order valence-electron chi connectivity index (χ2n) is 12.2. The van der Waals surface area contributed by atoms with E-state index >= 15 is 0 Å². The van der Waals surface area contributed by atoms with Crippen LogP contribution in [0.4, 0.5) is 17.1 Å². The molecule has 0 amide bonds. The predicted octanol–water partition coefficient (Wildman–Crippen LogP) is 10.7. The lowest BCUT2D eigenvalue weighted by Gasteiger charge is -2.37. The van der Waals surface area contributed by atoms with E-state index in [0.29, 0.717) is 16.8 Å². The van der Waals surface area contributed by atoms with Crippen LogP contribution in [0, 0.1) is 17.9 Å². The van der Waals surface area contributed by atoms with Crippen LogP contribution in [0.15, 0.2) is 150 Å². The molecule has 0 unspecified atom stereocenters. The van der Waals surface area contributed by atoms with Gasteiger partial charge in [-0.1, -0.05) is 103 Å². The fraction of sp³-hybridized carbons (Fsp3) is 0.0233. The summed E-state index contributed by atoms with van der Waals surface area (Å²) in [5.74, 6) is 2.42. The van der Waals surface area contributed by atoms with Gasteiger partial charge in [0.05, 0.1) is 29.6 Å². The molecular formula is C43H23N3O2. The monoisotopic (exact) mass is 613 g/mol. The van der Waals surface area contributed by atoms with Crippen molar-refractivity contribution >= 4 is 33.7 Å². The molecule has 6 aromatic carbocycles. The van der Waals surface area contributed by atoms with Crippen molar-refractivity contribution in [1.82, 2.24) is 0 Å². The zero-order valence-electron chi connectivity index (χ0n) is 25.4. The van der Waals surface area contributed by atoms with Crippen molar-refractivity contribution in [3.05, 3.63) is 185 Å². The highest BCUT2D eigenvalue weighted by Crippen LogP contribution is 2.66. The molecule has 0 saturated carbocycles. The maximum absolute atomic E-state index is 9.88. The number of hydrogen-bond donors (Lipinski definition) is 0. The molecule has 0 radical (unpaired) electrons. The van der Waals surface area contributed by atoms with E-state index in [1.165, 1.54) is 11.1 Å². The minimum Gasteiger partial charge on any atom is -0.459 e. The number of nitriles is 1. The summed E-state index contributed by atoms with van der Waals surface area (Å²) in [6.07, 6.45) is 0. The van der Waals surface area contributed by atoms with Gasteiger partial charge in [-0.05, 0) is 64.2 Å². The van der Waals surface area contributed by atoms with Crippen molar-refractivity contribution in [2.24, 2.45) is 0 Å². The van der Waals surface area contributed by atoms with E-state index in [1.807, 2.05) is 42.5 Å². The number of allylic oxidation sites excluding steroid dienone is 1. The van der Waals surface area contributed by atoms with Crippen LogP contribution in [0.5, 0.6) is 5.75 Å². The number of anilines is 2. The largest absolute Gasteiger partial charge is 0.459 e. The first-order chi connectivity index (χ1) is 23.7. The van der Waals surface area contributed by atoms with Crippen molar-refractivity contribution < 1.29 is 9.15 Å². The van der Waals surface area contributed by atoms with Crippen molar-refractivity contribution in [3.8, 4) is 34.1 Å². The molecule has 0 bridgehead atoms. The predicted molar refractivity (Wildman–Crippen MR) is 187 cm³/mol. The smallest absolute Gasteiger partial charge is 0.196 e. The first-order valence-corrected chi connectivity index (χ1v) is 15.8. The van der Waals surface area contributed by atoms with Gasteiger partial charge in [-0.25, -0.2) is 4.85 Å². The van der Waals surface area contributed by atoms with Crippen LogP contribution in [0.2, 0.25) is 0 Å². The Morgan fingerprint density at radius 1 is 0.688 bits per heavy atom. The molecule has 1 spiro atoms. The molecular weight excluding hydrogens is 590 g/mol. The Hall–Kier alpha value is -6.82. The lowest BCUT2D eigenvalue weighted by atomic mass is 9.76. The summed E-state index contributed by atoms with van der Waals surface area (Å²) in [6.45, 7) is 7.75. The zero-order chi connectivity index (χ0) is 32.0. The first kappa shape index (κ1) is 26.4. The van der Waals surface area contributed by atoms with Gasteiger partial charge in [0.25, 0.3) is 0 Å². The number of furan rings is 1. The van der Waals surface area contributed by atoms with E-state index in [1.54, 1.807) is 18.2 Å². The van der Waals surface area contributed by atoms with Gasteiger partial charge in [0.2, 0.25) is 0 Å². The quantitative estimate of drug-likeness (QED) is 0.182. The van der Waals surface area contributed by atoms with Gasteiger partial charge in [0.15, 0.2) is 17.2 Å². The molecule has 222 valence electrons. The fourth-order valence-corrected chi connectivity index (χ4v) is 8.04. The maximum atomic E-state index is 9.88. The third-order valence-corrected chi connectivity index (χ3v) is 9.92. The summed E-state index contributed by atoms with van der Waals surface area (Å²) in [5, 5.41) is 10.9. The molecule has 1 aromatic heterocycles. The first-order valence-electron chi connectivity index (χ1n) is 15.8. The summed E-state index contributed by atoms with van der Waals surface area (Å²) < 4.78 is 14.1. The van der Waals surface area contributed by atoms with Crippen LogP contribution in [0.1, 0.15) is 28.0 Å². The third-order valence-electron chi connectivity index (χ3n) is 9.92. The van der Waals surface area contributed by atoms with E-state index in [-0.39, 0.29) is 0 Å². The van der Waals surface area contributed by atoms with Gasteiger partial charge < -0.3 is 14.1 Å². The number of para-hydroxylation sites is 3. The average molecular weight is 614 g/mol. The molecule has 1 aliphatic heterocycles. The Bertz CT molecular complexity index is 2550. The molecule has 5 heteroatoms. The van der Waals surface area contributed by atoms with Crippen LogP contribution in [-0.2, 0) is 5.41 Å². The number of benzene rings is 6. The van der Waals surface area contributed by atoms with Crippen molar-refractivity contribution in [2.75, 3.05) is 4.90 Å². The van der Waals surface area contributed by atoms with E-state index < -0.39 is 5.41 Å². The SMILES string of the molecule is [C-]#[N+]c1cccc(C#N)c1-c1ccc(N2C3=C(Oc4ccccc42)C2(c4ccccc4-c4ccccc42)c2oc4ccccc4c23)cc1. The molecule has 2 aliphatic carbocycles. The van der Waals surface area contributed by atoms with Crippen molar-refractivity contribution in [2.45, 2.75) is 5.41 Å². The molecule has 3 aliphatic rings. The molecule has 0 fully saturated rings. The normalized spacial score (nSPS) is 14.4. The molecule has 5 nitrogen and oxygen atoms in total. The lowest BCUT2D eigenvalue weighted by Crippen LogP contribution is -2.32. The molecule has 0 saturated heterocycles. The minimum atomic E-state index is -0.807. The fourth-order valence-electron chi connectivity index (χ4n) is 8.04. The highest BCUT2D eigenvalue weighted by atomic mass is 16.5. The Balaban J connectivity index is 1.29. The van der Waals surface area contributed by atoms with Crippen LogP contribution < -0.4 is 9.64 Å². The van der Waals surface area contributed by atoms with Crippen molar-refractivity contribution in [1.29, 1.82) is 5.26 Å². The van der Waals surface area contributed by atoms with Crippen LogP contribution >= 0.6 is 0 Å². The van der Waals surface area contributed by atoms with Crippen molar-refractivity contribution in [3.63, 3.8) is 0 Å². The van der Waals surface area contributed by atoms with Gasteiger partial charge >= 0.3 is 0 Å². The second kappa shape index (κ2) is 9.59. The number of rotatable bonds is 2. The number of fused-ring (bicyclic) bond motifs is 12. The number of ether oxygens (including phenoxy) is 1. The highest BCUT2D eigenvalue weighted by Gasteiger charge is 2.60. The third kappa shape index (κ3) is 3.22. The molecule has 10 rings (SSSR count). The Morgan fingerprint density at radius 3 is 2.12 bits per heavy atom. The van der Waals surface area contributed by atoms with E-state index in [0.717, 1.165) is 67.6 Å². The number of hydrogen-bond acceptors (Lipinski definition) is 4. The lowest BCUT2D eigenvalue weighted by molar-refractivity contribution is 0.346. The molecule has 2 heterocycles. The van der Waals surface area contributed by atoms with Crippen LogP contribution in [-0.4, -0.2) is 0 Å². The topological polar surface area (TPSA) is 53.8 Å². The van der Waals surface area contributed by atoms with Crippen LogP contribution in [0.3, 0.4) is 0 Å². The Labute approximate surface area is 276 Å². The highest BCUT2D eigenvalue weighted by molar-refractivity contribution is 6.08.